The van der Waals surface area contributed by atoms with E-state index in [1.54, 1.807) is 7.11 Å². The molecule has 1 aliphatic rings. The zero-order chi connectivity index (χ0) is 20.2. The van der Waals surface area contributed by atoms with Gasteiger partial charge in [0, 0.05) is 38.4 Å². The standard InChI is InChI=1S/C18H25ClF3N3O2/c1-11(10-27-3)12(2)24-17(26)13-4-6-25(7-5-13)16-15(19)8-14(9-23-16)18(20,21)22/h8-9,11-13H,4-7,10H2,1-3H3,(H,24,26). The summed E-state index contributed by atoms with van der Waals surface area (Å²) in [4.78, 5) is 18.2. The number of amides is 1. The van der Waals surface area contributed by atoms with Gasteiger partial charge in [-0.25, -0.2) is 4.98 Å². The van der Waals surface area contributed by atoms with Gasteiger partial charge in [0.15, 0.2) is 0 Å². The van der Waals surface area contributed by atoms with Crippen LogP contribution in [0.1, 0.15) is 32.3 Å². The van der Waals surface area contributed by atoms with Crippen molar-refractivity contribution >= 4 is 23.3 Å². The number of halogens is 4. The largest absolute Gasteiger partial charge is 0.417 e. The van der Waals surface area contributed by atoms with Crippen LogP contribution in [0.3, 0.4) is 0 Å². The van der Waals surface area contributed by atoms with Gasteiger partial charge < -0.3 is 15.0 Å². The summed E-state index contributed by atoms with van der Waals surface area (Å²) >= 11 is 6.01. The molecule has 0 spiro atoms. The molecule has 1 saturated heterocycles. The van der Waals surface area contributed by atoms with Crippen LogP contribution in [0.4, 0.5) is 19.0 Å². The van der Waals surface area contributed by atoms with Gasteiger partial charge in [0.1, 0.15) is 5.82 Å². The summed E-state index contributed by atoms with van der Waals surface area (Å²) in [5, 5.41) is 2.99. The van der Waals surface area contributed by atoms with E-state index < -0.39 is 11.7 Å². The summed E-state index contributed by atoms with van der Waals surface area (Å²) in [5.74, 6) is 0.392. The molecule has 1 aromatic rings. The summed E-state index contributed by atoms with van der Waals surface area (Å²) in [5.41, 5.74) is -0.871. The van der Waals surface area contributed by atoms with E-state index in [1.807, 2.05) is 18.7 Å². The zero-order valence-electron chi connectivity index (χ0n) is 15.6. The number of pyridine rings is 1. The Labute approximate surface area is 162 Å². The molecule has 5 nitrogen and oxygen atoms in total. The number of piperidine rings is 1. The minimum atomic E-state index is -4.48. The Balaban J connectivity index is 1.92. The Morgan fingerprint density at radius 1 is 1.41 bits per heavy atom. The van der Waals surface area contributed by atoms with Crippen molar-refractivity contribution in [2.75, 3.05) is 31.7 Å². The maximum absolute atomic E-state index is 12.7. The van der Waals surface area contributed by atoms with E-state index >= 15 is 0 Å². The van der Waals surface area contributed by atoms with Crippen LogP contribution >= 0.6 is 11.6 Å². The van der Waals surface area contributed by atoms with E-state index in [0.29, 0.717) is 38.4 Å². The topological polar surface area (TPSA) is 54.5 Å². The normalized spacial score (nSPS) is 18.3. The van der Waals surface area contributed by atoms with Crippen molar-refractivity contribution in [1.29, 1.82) is 0 Å². The summed E-state index contributed by atoms with van der Waals surface area (Å²) in [6, 6.07) is 0.892. The number of anilines is 1. The van der Waals surface area contributed by atoms with Crippen LogP contribution in [0.5, 0.6) is 0 Å². The van der Waals surface area contributed by atoms with E-state index in [9.17, 15) is 18.0 Å². The molecule has 0 bridgehead atoms. The lowest BCUT2D eigenvalue weighted by Crippen LogP contribution is -2.45. The Morgan fingerprint density at radius 3 is 2.56 bits per heavy atom. The number of hydrogen-bond donors (Lipinski definition) is 1. The lowest BCUT2D eigenvalue weighted by Gasteiger charge is -2.33. The van der Waals surface area contributed by atoms with Gasteiger partial charge in [0.25, 0.3) is 0 Å². The number of nitrogens with one attached hydrogen (secondary N) is 1. The zero-order valence-corrected chi connectivity index (χ0v) is 16.4. The smallest absolute Gasteiger partial charge is 0.384 e. The second kappa shape index (κ2) is 9.10. The van der Waals surface area contributed by atoms with Crippen molar-refractivity contribution in [3.8, 4) is 0 Å². The van der Waals surface area contributed by atoms with E-state index in [4.69, 9.17) is 16.3 Å². The maximum Gasteiger partial charge on any atom is 0.417 e. The fourth-order valence-corrected chi connectivity index (χ4v) is 3.35. The van der Waals surface area contributed by atoms with Gasteiger partial charge in [-0.1, -0.05) is 18.5 Å². The monoisotopic (exact) mass is 407 g/mol. The summed E-state index contributed by atoms with van der Waals surface area (Å²) in [7, 11) is 1.63. The van der Waals surface area contributed by atoms with E-state index in [1.165, 1.54) is 0 Å². The Kier molecular flexibility index (Phi) is 7.33. The van der Waals surface area contributed by atoms with Gasteiger partial charge >= 0.3 is 6.18 Å². The molecule has 2 atom stereocenters. The predicted molar refractivity (Wildman–Crippen MR) is 97.8 cm³/mol. The summed E-state index contributed by atoms with van der Waals surface area (Å²) in [6.07, 6.45) is -2.50. The van der Waals surface area contributed by atoms with Gasteiger partial charge in [-0.2, -0.15) is 13.2 Å². The van der Waals surface area contributed by atoms with E-state index in [2.05, 4.69) is 10.3 Å². The quantitative estimate of drug-likeness (QED) is 0.780. The maximum atomic E-state index is 12.7. The highest BCUT2D eigenvalue weighted by Crippen LogP contribution is 2.34. The first kappa shape index (κ1) is 21.8. The third kappa shape index (κ3) is 5.72. The van der Waals surface area contributed by atoms with Crippen molar-refractivity contribution < 1.29 is 22.7 Å². The number of hydrogen-bond acceptors (Lipinski definition) is 4. The molecule has 152 valence electrons. The number of methoxy groups -OCH3 is 1. The number of alkyl halides is 3. The molecule has 2 rings (SSSR count). The molecule has 0 saturated carbocycles. The fraction of sp³-hybridized carbons (Fsp3) is 0.667. The number of rotatable bonds is 6. The molecule has 2 unspecified atom stereocenters. The fourth-order valence-electron chi connectivity index (χ4n) is 3.06. The van der Waals surface area contributed by atoms with Crippen molar-refractivity contribution in [3.63, 3.8) is 0 Å². The molecular weight excluding hydrogens is 383 g/mol. The summed E-state index contributed by atoms with van der Waals surface area (Å²) in [6.45, 7) is 5.55. The second-order valence-electron chi connectivity index (χ2n) is 7.02. The molecule has 0 radical (unpaired) electrons. The van der Waals surface area contributed by atoms with Crippen molar-refractivity contribution in [1.82, 2.24) is 10.3 Å². The third-order valence-electron chi connectivity index (χ3n) is 4.97. The van der Waals surface area contributed by atoms with Crippen LogP contribution in [0.15, 0.2) is 12.3 Å². The highest BCUT2D eigenvalue weighted by molar-refractivity contribution is 6.33. The first-order valence-corrected chi connectivity index (χ1v) is 9.28. The molecule has 1 aliphatic heterocycles. The van der Waals surface area contributed by atoms with Gasteiger partial charge in [-0.05, 0) is 31.7 Å². The number of carbonyl (C=O) groups is 1. The number of carbonyl (C=O) groups excluding carboxylic acids is 1. The van der Waals surface area contributed by atoms with Crippen molar-refractivity contribution in [2.24, 2.45) is 11.8 Å². The molecule has 1 fully saturated rings. The van der Waals surface area contributed by atoms with Crippen LogP contribution in [-0.4, -0.2) is 43.7 Å². The number of nitrogens with zero attached hydrogens (tertiary/aromatic N) is 2. The molecule has 1 aromatic heterocycles. The van der Waals surface area contributed by atoms with Crippen LogP contribution in [0.25, 0.3) is 0 Å². The van der Waals surface area contributed by atoms with Crippen LogP contribution in [-0.2, 0) is 15.7 Å². The minimum Gasteiger partial charge on any atom is -0.384 e. The molecule has 2 heterocycles. The molecule has 27 heavy (non-hydrogen) atoms. The number of ether oxygens (including phenoxy) is 1. The Morgan fingerprint density at radius 2 is 2.04 bits per heavy atom. The van der Waals surface area contributed by atoms with Crippen molar-refractivity contribution in [2.45, 2.75) is 38.9 Å². The number of aromatic nitrogens is 1. The Bertz CT molecular complexity index is 649. The first-order chi connectivity index (χ1) is 12.6. The summed E-state index contributed by atoms with van der Waals surface area (Å²) < 4.78 is 43.3. The average Bonchev–Trinajstić information content (AvgIpc) is 2.61. The van der Waals surface area contributed by atoms with Crippen molar-refractivity contribution in [3.05, 3.63) is 22.8 Å². The lowest BCUT2D eigenvalue weighted by molar-refractivity contribution is -0.137. The molecule has 0 aromatic carbocycles. The first-order valence-electron chi connectivity index (χ1n) is 8.90. The SMILES string of the molecule is COCC(C)C(C)NC(=O)C1CCN(c2ncc(C(F)(F)F)cc2Cl)CC1. The third-order valence-corrected chi connectivity index (χ3v) is 5.25. The van der Waals surface area contributed by atoms with Crippen LogP contribution in [0, 0.1) is 11.8 Å². The van der Waals surface area contributed by atoms with Crippen LogP contribution < -0.4 is 10.2 Å². The molecule has 9 heteroatoms. The van der Waals surface area contributed by atoms with Gasteiger partial charge in [-0.15, -0.1) is 0 Å². The molecule has 1 amide bonds. The highest BCUT2D eigenvalue weighted by atomic mass is 35.5. The molecular formula is C18H25ClF3N3O2. The Hall–Kier alpha value is -1.54. The molecule has 0 aliphatic carbocycles. The molecule has 1 N–H and O–H groups in total. The predicted octanol–water partition coefficient (Wildman–Crippen LogP) is 3.76. The van der Waals surface area contributed by atoms with Gasteiger partial charge in [0.05, 0.1) is 17.2 Å². The van der Waals surface area contributed by atoms with E-state index in [0.717, 1.165) is 12.3 Å². The van der Waals surface area contributed by atoms with Crippen LogP contribution in [0.2, 0.25) is 5.02 Å². The minimum absolute atomic E-state index is 0.00139. The van der Waals surface area contributed by atoms with Gasteiger partial charge in [0.2, 0.25) is 5.91 Å². The van der Waals surface area contributed by atoms with E-state index in [-0.39, 0.29) is 28.8 Å². The second-order valence-corrected chi connectivity index (χ2v) is 7.43. The lowest BCUT2D eigenvalue weighted by atomic mass is 9.94. The average molecular weight is 408 g/mol. The van der Waals surface area contributed by atoms with Gasteiger partial charge in [-0.3, -0.25) is 4.79 Å². The highest BCUT2D eigenvalue weighted by Gasteiger charge is 2.33.